The number of aromatic amines is 1. The van der Waals surface area contributed by atoms with Gasteiger partial charge in [-0.2, -0.15) is 0 Å². The lowest BCUT2D eigenvalue weighted by atomic mass is 10.0. The van der Waals surface area contributed by atoms with Crippen molar-refractivity contribution >= 4 is 39.9 Å². The van der Waals surface area contributed by atoms with Gasteiger partial charge in [0.2, 0.25) is 0 Å². The number of amides is 2. The van der Waals surface area contributed by atoms with Gasteiger partial charge in [0.15, 0.2) is 16.1 Å². The number of carbonyl (C=O) groups excluding carboxylic acids is 2. The summed E-state index contributed by atoms with van der Waals surface area (Å²) >= 11 is 7.39. The van der Waals surface area contributed by atoms with Gasteiger partial charge in [-0.05, 0) is 12.8 Å². The Hall–Kier alpha value is -2.17. The third kappa shape index (κ3) is 4.71. The molecule has 0 unspecified atom stereocenters. The second-order valence-electron chi connectivity index (χ2n) is 7.00. The van der Waals surface area contributed by atoms with Crippen LogP contribution in [-0.4, -0.2) is 78.1 Å². The Morgan fingerprint density at radius 3 is 2.86 bits per heavy atom. The molecule has 2 aromatic heterocycles. The highest BCUT2D eigenvalue weighted by atomic mass is 35.5. The number of imidazole rings is 1. The van der Waals surface area contributed by atoms with E-state index in [1.165, 1.54) is 16.2 Å². The molecule has 0 radical (unpaired) electrons. The maximum absolute atomic E-state index is 12.6. The van der Waals surface area contributed by atoms with Gasteiger partial charge >= 0.3 is 0 Å². The highest BCUT2D eigenvalue weighted by Crippen LogP contribution is 2.27. The van der Waals surface area contributed by atoms with E-state index in [0.717, 1.165) is 10.8 Å². The van der Waals surface area contributed by atoms with Crippen LogP contribution in [0.4, 0.5) is 5.13 Å². The van der Waals surface area contributed by atoms with Gasteiger partial charge in [0.05, 0.1) is 24.0 Å². The zero-order valence-electron chi connectivity index (χ0n) is 16.9. The molecule has 2 amide bonds. The maximum Gasteiger partial charge on any atom is 0.287 e. The second kappa shape index (κ2) is 9.10. The first-order valence-electron chi connectivity index (χ1n) is 9.34. The molecule has 1 aliphatic heterocycles. The largest absolute Gasteiger partial charge is 0.377 e. The van der Waals surface area contributed by atoms with Crippen molar-refractivity contribution in [3.05, 3.63) is 27.7 Å². The van der Waals surface area contributed by atoms with Crippen molar-refractivity contribution in [2.45, 2.75) is 31.9 Å². The zero-order chi connectivity index (χ0) is 21.1. The molecule has 3 heterocycles. The van der Waals surface area contributed by atoms with E-state index in [2.05, 4.69) is 25.2 Å². The van der Waals surface area contributed by atoms with Crippen LogP contribution in [0.15, 0.2) is 6.20 Å². The number of aromatic nitrogens is 3. The van der Waals surface area contributed by atoms with Crippen molar-refractivity contribution in [2.24, 2.45) is 0 Å². The fraction of sp³-hybridized carbons (Fsp3) is 0.556. The standard InChI is InChI=1S/C18H25ClN6O3S/c1-5-10-14(19)23-15(21-10)16(26)22-11-6-7-25(9-12(11)28-4)18-20-8-13(29-18)17(27)24(2)3/h8,11-12H,5-7,9H2,1-4H3,(H,21,23)(H,22,26)/t11-,12+/m1/s1. The Morgan fingerprint density at radius 1 is 1.48 bits per heavy atom. The third-order valence-electron chi connectivity index (χ3n) is 4.86. The van der Waals surface area contributed by atoms with Crippen LogP contribution in [0.3, 0.4) is 0 Å². The van der Waals surface area contributed by atoms with E-state index >= 15 is 0 Å². The average Bonchev–Trinajstić information content (AvgIpc) is 3.34. The molecule has 1 aliphatic rings. The monoisotopic (exact) mass is 440 g/mol. The molecule has 0 aromatic carbocycles. The summed E-state index contributed by atoms with van der Waals surface area (Å²) in [5.74, 6) is -0.168. The van der Waals surface area contributed by atoms with Crippen LogP contribution in [0.1, 0.15) is 39.3 Å². The first-order valence-corrected chi connectivity index (χ1v) is 10.5. The summed E-state index contributed by atoms with van der Waals surface area (Å²) in [7, 11) is 5.05. The number of anilines is 1. The molecule has 2 atom stereocenters. The molecular weight excluding hydrogens is 416 g/mol. The van der Waals surface area contributed by atoms with E-state index in [0.29, 0.717) is 36.0 Å². The zero-order valence-corrected chi connectivity index (χ0v) is 18.4. The van der Waals surface area contributed by atoms with Gasteiger partial charge in [0.25, 0.3) is 11.8 Å². The molecule has 2 N–H and O–H groups in total. The summed E-state index contributed by atoms with van der Waals surface area (Å²) in [4.78, 5) is 40.3. The minimum absolute atomic E-state index is 0.0669. The van der Waals surface area contributed by atoms with Gasteiger partial charge in [-0.3, -0.25) is 9.59 Å². The quantitative estimate of drug-likeness (QED) is 0.710. The van der Waals surface area contributed by atoms with Crippen molar-refractivity contribution in [1.29, 1.82) is 0 Å². The molecule has 3 rings (SSSR count). The maximum atomic E-state index is 12.6. The summed E-state index contributed by atoms with van der Waals surface area (Å²) in [6, 6.07) is -0.166. The summed E-state index contributed by atoms with van der Waals surface area (Å²) < 4.78 is 5.62. The van der Waals surface area contributed by atoms with Crippen molar-refractivity contribution < 1.29 is 14.3 Å². The van der Waals surface area contributed by atoms with Crippen molar-refractivity contribution in [3.63, 3.8) is 0 Å². The van der Waals surface area contributed by atoms with E-state index in [-0.39, 0.29) is 29.8 Å². The van der Waals surface area contributed by atoms with E-state index in [1.807, 2.05) is 6.92 Å². The number of halogens is 1. The number of nitrogens with zero attached hydrogens (tertiary/aromatic N) is 4. The highest BCUT2D eigenvalue weighted by molar-refractivity contribution is 7.17. The summed E-state index contributed by atoms with van der Waals surface area (Å²) in [5, 5.41) is 4.08. The summed E-state index contributed by atoms with van der Waals surface area (Å²) in [5.41, 5.74) is 0.738. The normalized spacial score (nSPS) is 19.3. The van der Waals surface area contributed by atoms with E-state index in [9.17, 15) is 9.59 Å². The van der Waals surface area contributed by atoms with Crippen LogP contribution in [0.2, 0.25) is 5.15 Å². The van der Waals surface area contributed by atoms with Gasteiger partial charge in [0, 0.05) is 34.3 Å². The van der Waals surface area contributed by atoms with Crippen LogP contribution < -0.4 is 10.2 Å². The van der Waals surface area contributed by atoms with E-state index in [4.69, 9.17) is 16.3 Å². The number of carbonyl (C=O) groups is 2. The Balaban J connectivity index is 1.65. The molecule has 0 aliphatic carbocycles. The molecule has 0 bridgehead atoms. The van der Waals surface area contributed by atoms with Crippen LogP contribution in [0, 0.1) is 0 Å². The molecule has 9 nitrogen and oxygen atoms in total. The number of thiazole rings is 1. The first kappa shape index (κ1) is 21.5. The number of hydrogen-bond acceptors (Lipinski definition) is 7. The minimum Gasteiger partial charge on any atom is -0.377 e. The number of aryl methyl sites for hydroxylation is 1. The lowest BCUT2D eigenvalue weighted by molar-refractivity contribution is 0.0538. The molecule has 1 fully saturated rings. The van der Waals surface area contributed by atoms with Crippen LogP contribution in [-0.2, 0) is 11.2 Å². The van der Waals surface area contributed by atoms with Crippen molar-refractivity contribution in [2.75, 3.05) is 39.2 Å². The molecule has 158 valence electrons. The number of H-pyrrole nitrogens is 1. The molecule has 0 spiro atoms. The number of rotatable bonds is 6. The predicted molar refractivity (Wildman–Crippen MR) is 112 cm³/mol. The number of ether oxygens (including phenoxy) is 1. The number of hydrogen-bond donors (Lipinski definition) is 2. The lowest BCUT2D eigenvalue weighted by Crippen LogP contribution is -2.55. The Bertz CT molecular complexity index is 883. The fourth-order valence-electron chi connectivity index (χ4n) is 3.19. The second-order valence-corrected chi connectivity index (χ2v) is 8.37. The fourth-order valence-corrected chi connectivity index (χ4v) is 4.43. The van der Waals surface area contributed by atoms with Crippen molar-refractivity contribution in [1.82, 2.24) is 25.2 Å². The van der Waals surface area contributed by atoms with E-state index in [1.54, 1.807) is 27.4 Å². The summed E-state index contributed by atoms with van der Waals surface area (Å²) in [6.45, 7) is 3.19. The van der Waals surface area contributed by atoms with Crippen molar-refractivity contribution in [3.8, 4) is 0 Å². The van der Waals surface area contributed by atoms with Gasteiger partial charge < -0.3 is 24.8 Å². The minimum atomic E-state index is -0.305. The predicted octanol–water partition coefficient (Wildman–Crippen LogP) is 1.81. The van der Waals surface area contributed by atoms with Crippen LogP contribution >= 0.6 is 22.9 Å². The highest BCUT2D eigenvalue weighted by Gasteiger charge is 2.32. The number of methoxy groups -OCH3 is 1. The Morgan fingerprint density at radius 2 is 2.24 bits per heavy atom. The SMILES string of the molecule is CCc1[nH]c(C(=O)N[C@@H]2CCN(c3ncc(C(=O)N(C)C)s3)C[C@@H]2OC)nc1Cl. The first-order chi connectivity index (χ1) is 13.8. The molecule has 29 heavy (non-hydrogen) atoms. The summed E-state index contributed by atoms with van der Waals surface area (Å²) in [6.07, 6.45) is 2.73. The number of nitrogens with one attached hydrogen (secondary N) is 2. The molecular formula is C18H25ClN6O3S. The molecule has 0 saturated carbocycles. The van der Waals surface area contributed by atoms with Gasteiger partial charge in [-0.15, -0.1) is 0 Å². The van der Waals surface area contributed by atoms with Gasteiger partial charge in [-0.1, -0.05) is 29.9 Å². The number of piperidine rings is 1. The molecule has 2 aromatic rings. The smallest absolute Gasteiger partial charge is 0.287 e. The molecule has 1 saturated heterocycles. The van der Waals surface area contributed by atoms with E-state index < -0.39 is 0 Å². The molecule has 11 heteroatoms. The Labute approximate surface area is 178 Å². The van der Waals surface area contributed by atoms with Gasteiger partial charge in [0.1, 0.15) is 4.88 Å². The Kier molecular flexibility index (Phi) is 6.76. The third-order valence-corrected chi connectivity index (χ3v) is 6.22. The topological polar surface area (TPSA) is 103 Å². The van der Waals surface area contributed by atoms with Crippen LogP contribution in [0.25, 0.3) is 0 Å². The lowest BCUT2D eigenvalue weighted by Gasteiger charge is -2.37. The van der Waals surface area contributed by atoms with Gasteiger partial charge in [-0.25, -0.2) is 9.97 Å². The van der Waals surface area contributed by atoms with Crippen LogP contribution in [0.5, 0.6) is 0 Å². The average molecular weight is 441 g/mol.